The first-order chi connectivity index (χ1) is 13.0. The first-order valence-corrected chi connectivity index (χ1v) is 10.00. The van der Waals surface area contributed by atoms with E-state index in [-0.39, 0.29) is 5.91 Å². The van der Waals surface area contributed by atoms with Crippen molar-refractivity contribution in [2.45, 2.75) is 66.1 Å². The highest BCUT2D eigenvalue weighted by molar-refractivity contribution is 5.76. The molecule has 1 amide bonds. The first kappa shape index (κ1) is 19.6. The topological polar surface area (TPSA) is 70.1 Å². The molecular weight excluding hydrogens is 340 g/mol. The molecule has 2 aromatic rings. The van der Waals surface area contributed by atoms with Crippen LogP contribution in [0.15, 0.2) is 6.07 Å². The number of aryl methyl sites for hydroxylation is 3. The highest BCUT2D eigenvalue weighted by atomic mass is 16.2. The second-order valence-corrected chi connectivity index (χ2v) is 7.68. The van der Waals surface area contributed by atoms with E-state index in [0.717, 1.165) is 67.4 Å². The minimum absolute atomic E-state index is 0.203. The van der Waals surface area contributed by atoms with Crippen molar-refractivity contribution in [1.29, 1.82) is 0 Å². The van der Waals surface area contributed by atoms with Crippen LogP contribution in [-0.4, -0.2) is 55.8 Å². The van der Waals surface area contributed by atoms with Crippen LogP contribution in [0.2, 0.25) is 0 Å². The zero-order chi connectivity index (χ0) is 19.4. The normalized spacial score (nSPS) is 14.5. The van der Waals surface area contributed by atoms with Crippen LogP contribution in [-0.2, 0) is 30.8 Å². The molecule has 7 heteroatoms. The Labute approximate surface area is 161 Å². The average molecular weight is 373 g/mol. The zero-order valence-corrected chi connectivity index (χ0v) is 17.1. The summed E-state index contributed by atoms with van der Waals surface area (Å²) in [4.78, 5) is 17.0. The van der Waals surface area contributed by atoms with Crippen LogP contribution in [0, 0.1) is 13.8 Å². The smallest absolute Gasteiger partial charge is 0.223 e. The van der Waals surface area contributed by atoms with Crippen molar-refractivity contribution in [2.75, 3.05) is 20.1 Å². The number of nitrogens with zero attached hydrogens (tertiary/aromatic N) is 5. The maximum atomic E-state index is 12.8. The van der Waals surface area contributed by atoms with E-state index in [4.69, 9.17) is 5.10 Å². The van der Waals surface area contributed by atoms with Gasteiger partial charge < -0.3 is 9.80 Å². The number of H-pyrrole nitrogens is 1. The van der Waals surface area contributed by atoms with E-state index in [1.807, 2.05) is 11.8 Å². The number of amides is 1. The number of carbonyl (C=O) groups excluding carboxylic acids is 1. The van der Waals surface area contributed by atoms with E-state index in [9.17, 15) is 4.79 Å². The van der Waals surface area contributed by atoms with E-state index in [1.165, 1.54) is 0 Å². The third kappa shape index (κ3) is 4.77. The SMILES string of the molecule is CCCN(C)Cc1cc2n(n1)CCCN(C(=O)CCc1n[nH]c(C)c1C)C2. The molecule has 0 unspecified atom stereocenters. The molecule has 1 aliphatic rings. The van der Waals surface area contributed by atoms with Gasteiger partial charge in [0.05, 0.1) is 23.6 Å². The summed E-state index contributed by atoms with van der Waals surface area (Å²) in [5.41, 5.74) is 5.49. The summed E-state index contributed by atoms with van der Waals surface area (Å²) >= 11 is 0. The predicted molar refractivity (Wildman–Crippen MR) is 105 cm³/mol. The highest BCUT2D eigenvalue weighted by Gasteiger charge is 2.21. The molecule has 1 aliphatic heterocycles. The Kier molecular flexibility index (Phi) is 6.31. The van der Waals surface area contributed by atoms with Crippen molar-refractivity contribution < 1.29 is 4.79 Å². The lowest BCUT2D eigenvalue weighted by Crippen LogP contribution is -2.31. The van der Waals surface area contributed by atoms with Gasteiger partial charge in [0, 0.05) is 38.2 Å². The summed E-state index contributed by atoms with van der Waals surface area (Å²) in [6.45, 7) is 10.5. The van der Waals surface area contributed by atoms with Gasteiger partial charge in [-0.2, -0.15) is 10.2 Å². The molecule has 148 valence electrons. The molecule has 3 heterocycles. The Bertz CT molecular complexity index is 778. The van der Waals surface area contributed by atoms with Gasteiger partial charge in [0.25, 0.3) is 0 Å². The summed E-state index contributed by atoms with van der Waals surface area (Å²) in [5.74, 6) is 0.203. The number of hydrogen-bond acceptors (Lipinski definition) is 4. The zero-order valence-electron chi connectivity index (χ0n) is 17.1. The van der Waals surface area contributed by atoms with Crippen molar-refractivity contribution in [3.63, 3.8) is 0 Å². The van der Waals surface area contributed by atoms with Gasteiger partial charge in [0.2, 0.25) is 5.91 Å². The third-order valence-electron chi connectivity index (χ3n) is 5.38. The Morgan fingerprint density at radius 1 is 1.33 bits per heavy atom. The average Bonchev–Trinajstić information content (AvgIpc) is 3.08. The fraction of sp³-hybridized carbons (Fsp3) is 0.650. The molecule has 0 radical (unpaired) electrons. The van der Waals surface area contributed by atoms with Crippen molar-refractivity contribution in [2.24, 2.45) is 0 Å². The molecule has 2 aromatic heterocycles. The van der Waals surface area contributed by atoms with Crippen molar-refractivity contribution in [1.82, 2.24) is 29.8 Å². The summed E-state index contributed by atoms with van der Waals surface area (Å²) in [5, 5.41) is 12.1. The number of aromatic amines is 1. The lowest BCUT2D eigenvalue weighted by molar-refractivity contribution is -0.131. The number of hydrogen-bond donors (Lipinski definition) is 1. The van der Waals surface area contributed by atoms with Gasteiger partial charge in [-0.3, -0.25) is 14.6 Å². The molecule has 0 spiro atoms. The van der Waals surface area contributed by atoms with E-state index in [1.54, 1.807) is 0 Å². The maximum absolute atomic E-state index is 12.8. The Balaban J connectivity index is 1.60. The van der Waals surface area contributed by atoms with Crippen LogP contribution >= 0.6 is 0 Å². The summed E-state index contributed by atoms with van der Waals surface area (Å²) < 4.78 is 2.09. The molecule has 0 atom stereocenters. The fourth-order valence-electron chi connectivity index (χ4n) is 3.71. The van der Waals surface area contributed by atoms with Crippen LogP contribution in [0.4, 0.5) is 0 Å². The minimum atomic E-state index is 0.203. The van der Waals surface area contributed by atoms with Crippen LogP contribution in [0.5, 0.6) is 0 Å². The quantitative estimate of drug-likeness (QED) is 0.810. The number of aromatic nitrogens is 4. The number of fused-ring (bicyclic) bond motifs is 1. The predicted octanol–water partition coefficient (Wildman–Crippen LogP) is 2.43. The van der Waals surface area contributed by atoms with Gasteiger partial charge >= 0.3 is 0 Å². The van der Waals surface area contributed by atoms with Crippen LogP contribution in [0.1, 0.15) is 54.5 Å². The molecule has 0 aliphatic carbocycles. The number of nitrogens with one attached hydrogen (secondary N) is 1. The van der Waals surface area contributed by atoms with Gasteiger partial charge in [-0.25, -0.2) is 0 Å². The second kappa shape index (κ2) is 8.69. The number of rotatable bonds is 7. The van der Waals surface area contributed by atoms with E-state index in [0.29, 0.717) is 19.4 Å². The van der Waals surface area contributed by atoms with E-state index < -0.39 is 0 Å². The van der Waals surface area contributed by atoms with Crippen LogP contribution in [0.3, 0.4) is 0 Å². The molecule has 1 N–H and O–H groups in total. The second-order valence-electron chi connectivity index (χ2n) is 7.68. The lowest BCUT2D eigenvalue weighted by atomic mass is 10.1. The first-order valence-electron chi connectivity index (χ1n) is 10.00. The van der Waals surface area contributed by atoms with Gasteiger partial charge in [-0.1, -0.05) is 6.92 Å². The molecule has 0 fully saturated rings. The van der Waals surface area contributed by atoms with Gasteiger partial charge in [-0.05, 0) is 51.9 Å². The summed E-state index contributed by atoms with van der Waals surface area (Å²) in [6, 6.07) is 2.17. The van der Waals surface area contributed by atoms with Crippen molar-refractivity contribution in [3.8, 4) is 0 Å². The summed E-state index contributed by atoms with van der Waals surface area (Å²) in [6.07, 6.45) is 3.29. The minimum Gasteiger partial charge on any atom is -0.337 e. The molecule has 27 heavy (non-hydrogen) atoms. The van der Waals surface area contributed by atoms with Gasteiger partial charge in [0.15, 0.2) is 0 Å². The van der Waals surface area contributed by atoms with Crippen LogP contribution < -0.4 is 0 Å². The van der Waals surface area contributed by atoms with E-state index >= 15 is 0 Å². The molecule has 0 bridgehead atoms. The van der Waals surface area contributed by atoms with E-state index in [2.05, 4.69) is 46.7 Å². The van der Waals surface area contributed by atoms with Crippen molar-refractivity contribution in [3.05, 3.63) is 34.4 Å². The maximum Gasteiger partial charge on any atom is 0.223 e. The molecule has 0 aromatic carbocycles. The Morgan fingerprint density at radius 3 is 2.85 bits per heavy atom. The lowest BCUT2D eigenvalue weighted by Gasteiger charge is -2.20. The monoisotopic (exact) mass is 372 g/mol. The largest absolute Gasteiger partial charge is 0.337 e. The molecule has 0 saturated heterocycles. The third-order valence-corrected chi connectivity index (χ3v) is 5.38. The van der Waals surface area contributed by atoms with Crippen molar-refractivity contribution >= 4 is 5.91 Å². The molecule has 3 rings (SSSR count). The molecule has 0 saturated carbocycles. The summed E-state index contributed by atoms with van der Waals surface area (Å²) in [7, 11) is 2.13. The van der Waals surface area contributed by atoms with Gasteiger partial charge in [-0.15, -0.1) is 0 Å². The van der Waals surface area contributed by atoms with Gasteiger partial charge in [0.1, 0.15) is 0 Å². The highest BCUT2D eigenvalue weighted by Crippen LogP contribution is 2.17. The fourth-order valence-corrected chi connectivity index (χ4v) is 3.71. The molecular formula is C20H32N6O. The number of carbonyl (C=O) groups is 1. The Hall–Kier alpha value is -2.15. The van der Waals surface area contributed by atoms with Crippen LogP contribution in [0.25, 0.3) is 0 Å². The molecule has 7 nitrogen and oxygen atoms in total. The standard InChI is InChI=1S/C20H32N6O/c1-5-9-24(4)13-17-12-18-14-25(10-6-11-26(18)23-17)20(27)8-7-19-15(2)16(3)21-22-19/h12H,5-11,13-14H2,1-4H3,(H,21,22). The Morgan fingerprint density at radius 2 is 2.15 bits per heavy atom.